The molecule has 2 aliphatic rings. The zero-order chi connectivity index (χ0) is 20.9. The zero-order valence-electron chi connectivity index (χ0n) is 16.9. The highest BCUT2D eigenvalue weighted by Crippen LogP contribution is 2.39. The van der Waals surface area contributed by atoms with E-state index in [2.05, 4.69) is 4.98 Å². The number of aromatic nitrogens is 1. The molecule has 0 radical (unpaired) electrons. The van der Waals surface area contributed by atoms with Crippen LogP contribution in [0.1, 0.15) is 57.5 Å². The molecule has 1 fully saturated rings. The van der Waals surface area contributed by atoms with E-state index in [0.717, 1.165) is 17.4 Å². The summed E-state index contributed by atoms with van der Waals surface area (Å²) < 4.78 is 11.3. The summed E-state index contributed by atoms with van der Waals surface area (Å²) in [7, 11) is 0. The van der Waals surface area contributed by atoms with Crippen LogP contribution < -0.4 is 0 Å². The SMILES string of the molecule is CC(C)(C)OC(=O)N1[C@@H](C(O)c2ncc3c(c2Cl)CC(C=O)C3)COC1(C)C. The van der Waals surface area contributed by atoms with Gasteiger partial charge in [0.2, 0.25) is 0 Å². The number of nitrogens with zero attached hydrogens (tertiary/aromatic N) is 2. The van der Waals surface area contributed by atoms with Gasteiger partial charge in [-0.15, -0.1) is 0 Å². The molecule has 2 heterocycles. The summed E-state index contributed by atoms with van der Waals surface area (Å²) in [6.45, 7) is 8.96. The molecule has 1 aliphatic carbocycles. The van der Waals surface area contributed by atoms with E-state index in [1.807, 2.05) is 0 Å². The fourth-order valence-corrected chi connectivity index (χ4v) is 4.17. The highest BCUT2D eigenvalue weighted by Gasteiger charge is 2.49. The standard InChI is InChI=1S/C20H27ClN2O5/c1-19(2,3)28-18(26)23-14(10-27-20(23,4)5)17(25)16-15(21)13-7-11(9-24)6-12(13)8-22-16/h8-9,11,14,17,25H,6-7,10H2,1-5H3/t11?,14-,17?/m1/s1. The van der Waals surface area contributed by atoms with Crippen molar-refractivity contribution in [2.45, 2.75) is 70.9 Å². The van der Waals surface area contributed by atoms with Gasteiger partial charge in [0.05, 0.1) is 23.4 Å². The van der Waals surface area contributed by atoms with Crippen LogP contribution >= 0.6 is 11.6 Å². The first-order chi connectivity index (χ1) is 12.9. The number of aliphatic hydroxyl groups excluding tert-OH is 1. The van der Waals surface area contributed by atoms with Gasteiger partial charge in [-0.1, -0.05) is 11.6 Å². The Hall–Kier alpha value is -1.70. The zero-order valence-corrected chi connectivity index (χ0v) is 17.6. The monoisotopic (exact) mass is 410 g/mol. The predicted octanol–water partition coefficient (Wildman–Crippen LogP) is 3.05. The first kappa shape index (κ1) is 21.0. The number of carbonyl (C=O) groups excluding carboxylic acids is 2. The van der Waals surface area contributed by atoms with Crippen LogP contribution in [0.2, 0.25) is 5.02 Å². The number of fused-ring (bicyclic) bond motifs is 1. The maximum absolute atomic E-state index is 12.8. The van der Waals surface area contributed by atoms with Gasteiger partial charge in [-0.3, -0.25) is 9.88 Å². The summed E-state index contributed by atoms with van der Waals surface area (Å²) in [5.41, 5.74) is 0.417. The van der Waals surface area contributed by atoms with Crippen molar-refractivity contribution in [2.75, 3.05) is 6.61 Å². The van der Waals surface area contributed by atoms with Crippen molar-refractivity contribution >= 4 is 24.0 Å². The summed E-state index contributed by atoms with van der Waals surface area (Å²) in [5, 5.41) is 11.4. The number of rotatable bonds is 3. The van der Waals surface area contributed by atoms with Crippen molar-refractivity contribution in [3.8, 4) is 0 Å². The number of carbonyl (C=O) groups is 2. The van der Waals surface area contributed by atoms with Crippen LogP contribution in [0, 0.1) is 5.92 Å². The first-order valence-electron chi connectivity index (χ1n) is 9.40. The normalized spacial score (nSPS) is 24.8. The molecule has 7 nitrogen and oxygen atoms in total. The Kier molecular flexibility index (Phi) is 5.47. The lowest BCUT2D eigenvalue weighted by Crippen LogP contribution is -2.51. The maximum Gasteiger partial charge on any atom is 0.413 e. The Morgan fingerprint density at radius 3 is 2.75 bits per heavy atom. The van der Waals surface area contributed by atoms with Crippen LogP contribution in [-0.4, -0.2) is 51.3 Å². The molecule has 0 aromatic carbocycles. The molecular weight excluding hydrogens is 384 g/mol. The van der Waals surface area contributed by atoms with Crippen molar-refractivity contribution < 1.29 is 24.2 Å². The molecule has 0 spiro atoms. The molecule has 1 saturated heterocycles. The Morgan fingerprint density at radius 2 is 2.14 bits per heavy atom. The Labute approximate surface area is 170 Å². The number of aldehydes is 1. The van der Waals surface area contributed by atoms with Crippen LogP contribution in [0.3, 0.4) is 0 Å². The molecule has 1 aliphatic heterocycles. The smallest absolute Gasteiger partial charge is 0.413 e. The molecule has 0 bridgehead atoms. The highest BCUT2D eigenvalue weighted by molar-refractivity contribution is 6.32. The molecule has 8 heteroatoms. The molecular formula is C20H27ClN2O5. The van der Waals surface area contributed by atoms with E-state index in [4.69, 9.17) is 21.1 Å². The summed E-state index contributed by atoms with van der Waals surface area (Å²) in [4.78, 5) is 29.7. The Balaban J connectivity index is 1.90. The average molecular weight is 411 g/mol. The second-order valence-corrected chi connectivity index (χ2v) is 9.26. The van der Waals surface area contributed by atoms with Crippen molar-refractivity contribution in [1.29, 1.82) is 0 Å². The van der Waals surface area contributed by atoms with Gasteiger partial charge in [0, 0.05) is 12.1 Å². The average Bonchev–Trinajstić information content (AvgIpc) is 3.13. The molecule has 1 amide bonds. The van der Waals surface area contributed by atoms with E-state index in [1.54, 1.807) is 40.8 Å². The number of aliphatic hydroxyl groups is 1. The Bertz CT molecular complexity index is 790. The van der Waals surface area contributed by atoms with E-state index in [-0.39, 0.29) is 18.2 Å². The van der Waals surface area contributed by atoms with Crippen LogP contribution in [0.15, 0.2) is 6.20 Å². The molecule has 0 saturated carbocycles. The third-order valence-corrected chi connectivity index (χ3v) is 5.55. The minimum absolute atomic E-state index is 0.117. The molecule has 1 N–H and O–H groups in total. The highest BCUT2D eigenvalue weighted by atomic mass is 35.5. The summed E-state index contributed by atoms with van der Waals surface area (Å²) in [6, 6.07) is -0.698. The van der Waals surface area contributed by atoms with Crippen LogP contribution in [-0.2, 0) is 27.1 Å². The van der Waals surface area contributed by atoms with Gasteiger partial charge in [-0.05, 0) is 58.6 Å². The molecule has 1 aromatic rings. The summed E-state index contributed by atoms with van der Waals surface area (Å²) >= 11 is 6.54. The van der Waals surface area contributed by atoms with Gasteiger partial charge in [0.1, 0.15) is 23.7 Å². The lowest BCUT2D eigenvalue weighted by atomic mass is 10.0. The molecule has 154 valence electrons. The van der Waals surface area contributed by atoms with Gasteiger partial charge in [-0.25, -0.2) is 4.79 Å². The second-order valence-electron chi connectivity index (χ2n) is 8.89. The lowest BCUT2D eigenvalue weighted by Gasteiger charge is -2.36. The van der Waals surface area contributed by atoms with E-state index >= 15 is 0 Å². The van der Waals surface area contributed by atoms with Gasteiger partial charge in [-0.2, -0.15) is 0 Å². The summed E-state index contributed by atoms with van der Waals surface area (Å²) in [6.07, 6.45) is 1.99. The molecule has 2 unspecified atom stereocenters. The quantitative estimate of drug-likeness (QED) is 0.770. The van der Waals surface area contributed by atoms with Crippen LogP contribution in [0.5, 0.6) is 0 Å². The van der Waals surface area contributed by atoms with Crippen LogP contribution in [0.25, 0.3) is 0 Å². The van der Waals surface area contributed by atoms with E-state index in [1.165, 1.54) is 4.90 Å². The third kappa shape index (κ3) is 3.88. The predicted molar refractivity (Wildman–Crippen MR) is 103 cm³/mol. The summed E-state index contributed by atoms with van der Waals surface area (Å²) in [5.74, 6) is -0.117. The van der Waals surface area contributed by atoms with Crippen molar-refractivity contribution in [3.05, 3.63) is 28.0 Å². The molecule has 3 rings (SSSR count). The first-order valence-corrected chi connectivity index (χ1v) is 9.78. The van der Waals surface area contributed by atoms with Crippen LogP contribution in [0.4, 0.5) is 4.79 Å². The van der Waals surface area contributed by atoms with E-state index < -0.39 is 29.6 Å². The molecule has 1 aromatic heterocycles. The van der Waals surface area contributed by atoms with Gasteiger partial charge in [0.15, 0.2) is 0 Å². The van der Waals surface area contributed by atoms with E-state index in [0.29, 0.717) is 17.9 Å². The van der Waals surface area contributed by atoms with E-state index in [9.17, 15) is 14.7 Å². The topological polar surface area (TPSA) is 89.0 Å². The number of ether oxygens (including phenoxy) is 2. The van der Waals surface area contributed by atoms with Gasteiger partial charge < -0.3 is 19.4 Å². The largest absolute Gasteiger partial charge is 0.444 e. The fraction of sp³-hybridized carbons (Fsp3) is 0.650. The van der Waals surface area contributed by atoms with Crippen molar-refractivity contribution in [3.63, 3.8) is 0 Å². The number of pyridine rings is 1. The third-order valence-electron chi connectivity index (χ3n) is 5.13. The Morgan fingerprint density at radius 1 is 1.46 bits per heavy atom. The number of hydrogen-bond donors (Lipinski definition) is 1. The maximum atomic E-state index is 12.8. The van der Waals surface area contributed by atoms with Gasteiger partial charge >= 0.3 is 6.09 Å². The number of hydrogen-bond acceptors (Lipinski definition) is 6. The second kappa shape index (κ2) is 7.28. The number of amides is 1. The number of halogens is 1. The van der Waals surface area contributed by atoms with Gasteiger partial charge in [0.25, 0.3) is 0 Å². The molecule has 28 heavy (non-hydrogen) atoms. The fourth-order valence-electron chi connectivity index (χ4n) is 3.81. The minimum atomic E-state index is -1.15. The molecule has 3 atom stereocenters. The van der Waals surface area contributed by atoms with Crippen molar-refractivity contribution in [2.24, 2.45) is 5.92 Å². The van der Waals surface area contributed by atoms with Crippen molar-refractivity contribution in [1.82, 2.24) is 9.88 Å². The lowest BCUT2D eigenvalue weighted by molar-refractivity contribution is -0.110. The minimum Gasteiger partial charge on any atom is -0.444 e.